The largest absolute Gasteiger partial charge is 0.489 e. The number of rotatable bonds is 4. The number of carbonyl (C=O) groups is 1. The minimum absolute atomic E-state index is 0.106. The van der Waals surface area contributed by atoms with E-state index in [9.17, 15) is 4.79 Å². The molecular weight excluding hydrogens is 252 g/mol. The third-order valence-corrected chi connectivity index (χ3v) is 3.90. The lowest BCUT2D eigenvalue weighted by molar-refractivity contribution is 0.0903. The summed E-state index contributed by atoms with van der Waals surface area (Å²) in [6.45, 7) is 4.71. The molecule has 2 rings (SSSR count). The fraction of sp³-hybridized carbons (Fsp3) is 0.562. The number of benzene rings is 1. The number of anilines is 1. The van der Waals surface area contributed by atoms with Crippen LogP contribution in [0.5, 0.6) is 5.75 Å². The van der Waals surface area contributed by atoms with Crippen LogP contribution in [0.2, 0.25) is 0 Å². The zero-order valence-corrected chi connectivity index (χ0v) is 12.3. The summed E-state index contributed by atoms with van der Waals surface area (Å²) >= 11 is 0. The summed E-state index contributed by atoms with van der Waals surface area (Å²) in [4.78, 5) is 12.1. The zero-order chi connectivity index (χ0) is 14.5. The van der Waals surface area contributed by atoms with Gasteiger partial charge in [0.25, 0.3) is 5.91 Å². The molecule has 0 saturated heterocycles. The van der Waals surface area contributed by atoms with Gasteiger partial charge in [0.05, 0.1) is 5.56 Å². The quantitative estimate of drug-likeness (QED) is 0.831. The number of nitrogens with one attached hydrogen (secondary N) is 1. The van der Waals surface area contributed by atoms with Crippen molar-refractivity contribution in [2.24, 2.45) is 5.92 Å². The third kappa shape index (κ3) is 3.44. The van der Waals surface area contributed by atoms with E-state index in [4.69, 9.17) is 10.5 Å². The van der Waals surface area contributed by atoms with Crippen LogP contribution in [-0.2, 0) is 0 Å². The van der Waals surface area contributed by atoms with Gasteiger partial charge in [-0.15, -0.1) is 0 Å². The topological polar surface area (TPSA) is 64.4 Å². The van der Waals surface area contributed by atoms with Crippen molar-refractivity contribution in [3.05, 3.63) is 23.8 Å². The van der Waals surface area contributed by atoms with Gasteiger partial charge in [0, 0.05) is 18.3 Å². The SMILES string of the molecule is CCNC(=O)c1ccc(N)cc1OC1CCCCC1C. The zero-order valence-electron chi connectivity index (χ0n) is 12.3. The summed E-state index contributed by atoms with van der Waals surface area (Å²) in [5.74, 6) is 1.02. The fourth-order valence-electron chi connectivity index (χ4n) is 2.70. The molecule has 20 heavy (non-hydrogen) atoms. The first kappa shape index (κ1) is 14.7. The van der Waals surface area contributed by atoms with E-state index in [1.807, 2.05) is 6.92 Å². The summed E-state index contributed by atoms with van der Waals surface area (Å²) in [5.41, 5.74) is 7.02. The van der Waals surface area contributed by atoms with Crippen molar-refractivity contribution in [2.45, 2.75) is 45.6 Å². The van der Waals surface area contributed by atoms with Crippen LogP contribution in [-0.4, -0.2) is 18.6 Å². The van der Waals surface area contributed by atoms with E-state index in [-0.39, 0.29) is 12.0 Å². The van der Waals surface area contributed by atoms with E-state index in [0.717, 1.165) is 6.42 Å². The van der Waals surface area contributed by atoms with Gasteiger partial charge >= 0.3 is 0 Å². The Morgan fingerprint density at radius 2 is 2.15 bits per heavy atom. The monoisotopic (exact) mass is 276 g/mol. The molecule has 2 atom stereocenters. The second-order valence-corrected chi connectivity index (χ2v) is 5.53. The molecular formula is C16H24N2O2. The second-order valence-electron chi connectivity index (χ2n) is 5.53. The molecule has 0 aromatic heterocycles. The Bertz CT molecular complexity index is 474. The van der Waals surface area contributed by atoms with Crippen LogP contribution in [0.15, 0.2) is 18.2 Å². The molecule has 0 heterocycles. The first-order chi connectivity index (χ1) is 9.61. The molecule has 110 valence electrons. The van der Waals surface area contributed by atoms with E-state index < -0.39 is 0 Å². The molecule has 1 fully saturated rings. The number of nitrogens with two attached hydrogens (primary N) is 1. The van der Waals surface area contributed by atoms with E-state index in [2.05, 4.69) is 12.2 Å². The molecule has 0 spiro atoms. The maximum absolute atomic E-state index is 12.1. The van der Waals surface area contributed by atoms with Crippen LogP contribution in [0.25, 0.3) is 0 Å². The molecule has 1 aromatic carbocycles. The average molecular weight is 276 g/mol. The van der Waals surface area contributed by atoms with Crippen molar-refractivity contribution in [3.8, 4) is 5.75 Å². The van der Waals surface area contributed by atoms with Crippen LogP contribution in [0, 0.1) is 5.92 Å². The van der Waals surface area contributed by atoms with Gasteiger partial charge in [0.15, 0.2) is 0 Å². The summed E-state index contributed by atoms with van der Waals surface area (Å²) in [5, 5.41) is 2.81. The Balaban J connectivity index is 2.20. The van der Waals surface area contributed by atoms with Gasteiger partial charge in [-0.1, -0.05) is 13.3 Å². The Morgan fingerprint density at radius 1 is 1.40 bits per heavy atom. The molecule has 0 radical (unpaired) electrons. The number of hydrogen-bond donors (Lipinski definition) is 2. The fourth-order valence-corrected chi connectivity index (χ4v) is 2.70. The molecule has 4 heteroatoms. The van der Waals surface area contributed by atoms with Gasteiger partial charge < -0.3 is 15.8 Å². The molecule has 1 aliphatic carbocycles. The van der Waals surface area contributed by atoms with Crippen molar-refractivity contribution in [1.29, 1.82) is 0 Å². The molecule has 1 aliphatic rings. The van der Waals surface area contributed by atoms with Gasteiger partial charge in [-0.3, -0.25) is 4.79 Å². The highest BCUT2D eigenvalue weighted by Gasteiger charge is 2.24. The predicted octanol–water partition coefficient (Wildman–Crippen LogP) is 2.98. The van der Waals surface area contributed by atoms with Crippen molar-refractivity contribution < 1.29 is 9.53 Å². The highest BCUT2D eigenvalue weighted by Crippen LogP contribution is 2.30. The van der Waals surface area contributed by atoms with Gasteiger partial charge in [-0.2, -0.15) is 0 Å². The Hall–Kier alpha value is -1.71. The summed E-state index contributed by atoms with van der Waals surface area (Å²) < 4.78 is 6.11. The van der Waals surface area contributed by atoms with Crippen LogP contribution >= 0.6 is 0 Å². The van der Waals surface area contributed by atoms with Crippen molar-refractivity contribution >= 4 is 11.6 Å². The number of ether oxygens (including phenoxy) is 1. The molecule has 0 aliphatic heterocycles. The highest BCUT2D eigenvalue weighted by atomic mass is 16.5. The Labute approximate surface area is 120 Å². The maximum Gasteiger partial charge on any atom is 0.255 e. The minimum Gasteiger partial charge on any atom is -0.489 e. The summed E-state index contributed by atoms with van der Waals surface area (Å²) in [7, 11) is 0. The normalized spacial score (nSPS) is 22.3. The molecule has 2 unspecified atom stereocenters. The maximum atomic E-state index is 12.1. The van der Waals surface area contributed by atoms with E-state index in [1.165, 1.54) is 19.3 Å². The average Bonchev–Trinajstić information content (AvgIpc) is 2.42. The van der Waals surface area contributed by atoms with Gasteiger partial charge in [0.1, 0.15) is 11.9 Å². The van der Waals surface area contributed by atoms with E-state index in [1.54, 1.807) is 18.2 Å². The van der Waals surface area contributed by atoms with E-state index in [0.29, 0.717) is 29.5 Å². The molecule has 4 nitrogen and oxygen atoms in total. The third-order valence-electron chi connectivity index (χ3n) is 3.90. The Kier molecular flexibility index (Phi) is 4.88. The van der Waals surface area contributed by atoms with E-state index >= 15 is 0 Å². The predicted molar refractivity (Wildman–Crippen MR) is 80.9 cm³/mol. The van der Waals surface area contributed by atoms with Gasteiger partial charge in [-0.25, -0.2) is 0 Å². The molecule has 1 saturated carbocycles. The lowest BCUT2D eigenvalue weighted by atomic mass is 9.88. The first-order valence-electron chi connectivity index (χ1n) is 7.46. The van der Waals surface area contributed by atoms with Gasteiger partial charge in [-0.05, 0) is 44.2 Å². The number of nitrogen functional groups attached to an aromatic ring is 1. The van der Waals surface area contributed by atoms with Crippen LogP contribution < -0.4 is 15.8 Å². The lowest BCUT2D eigenvalue weighted by Crippen LogP contribution is -2.30. The standard InChI is InChI=1S/C16H24N2O2/c1-3-18-16(19)13-9-8-12(17)10-15(13)20-14-7-5-4-6-11(14)2/h8-11,14H,3-7,17H2,1-2H3,(H,18,19). The number of hydrogen-bond acceptors (Lipinski definition) is 3. The summed E-state index contributed by atoms with van der Waals surface area (Å²) in [6, 6.07) is 5.23. The van der Waals surface area contributed by atoms with Crippen molar-refractivity contribution in [3.63, 3.8) is 0 Å². The van der Waals surface area contributed by atoms with Crippen molar-refractivity contribution in [2.75, 3.05) is 12.3 Å². The first-order valence-corrected chi connectivity index (χ1v) is 7.46. The lowest BCUT2D eigenvalue weighted by Gasteiger charge is -2.30. The molecule has 1 aromatic rings. The number of amides is 1. The number of carbonyl (C=O) groups excluding carboxylic acids is 1. The van der Waals surface area contributed by atoms with Crippen LogP contribution in [0.3, 0.4) is 0 Å². The highest BCUT2D eigenvalue weighted by molar-refractivity contribution is 5.97. The van der Waals surface area contributed by atoms with Crippen molar-refractivity contribution in [1.82, 2.24) is 5.32 Å². The van der Waals surface area contributed by atoms with Crippen LogP contribution in [0.1, 0.15) is 49.9 Å². The molecule has 0 bridgehead atoms. The minimum atomic E-state index is -0.106. The smallest absolute Gasteiger partial charge is 0.255 e. The summed E-state index contributed by atoms with van der Waals surface area (Å²) in [6.07, 6.45) is 4.86. The molecule has 3 N–H and O–H groups in total. The molecule has 1 amide bonds. The Morgan fingerprint density at radius 3 is 2.85 bits per heavy atom. The second kappa shape index (κ2) is 6.64. The van der Waals surface area contributed by atoms with Crippen LogP contribution in [0.4, 0.5) is 5.69 Å². The van der Waals surface area contributed by atoms with Gasteiger partial charge in [0.2, 0.25) is 0 Å².